The quantitative estimate of drug-likeness (QED) is 0.686. The molecule has 128 valence electrons. The van der Waals surface area contributed by atoms with Crippen LogP contribution in [0.25, 0.3) is 10.9 Å². The standard InChI is InChI=1S/C20H22N4O/c1-13-15(17-4-2-3-5-19(17)24-13)7-9-23-20(25)18-12-22-11-14-10-21-8-6-16(14)18/h2-5,11-12,21,24H,6-10H2,1H3,(H,23,25). The van der Waals surface area contributed by atoms with Crippen molar-refractivity contribution in [1.82, 2.24) is 20.6 Å². The molecule has 0 saturated heterocycles. The number of aryl methyl sites for hydroxylation is 1. The average molecular weight is 334 g/mol. The van der Waals surface area contributed by atoms with Crippen LogP contribution in [-0.2, 0) is 19.4 Å². The van der Waals surface area contributed by atoms with E-state index in [2.05, 4.69) is 39.7 Å². The Bertz CT molecular complexity index is 929. The molecule has 0 aliphatic carbocycles. The van der Waals surface area contributed by atoms with Gasteiger partial charge in [0.2, 0.25) is 0 Å². The molecule has 25 heavy (non-hydrogen) atoms. The van der Waals surface area contributed by atoms with Crippen molar-refractivity contribution in [2.24, 2.45) is 0 Å². The molecule has 5 nitrogen and oxygen atoms in total. The fourth-order valence-electron chi connectivity index (χ4n) is 3.66. The smallest absolute Gasteiger partial charge is 0.253 e. The summed E-state index contributed by atoms with van der Waals surface area (Å²) in [4.78, 5) is 20.2. The van der Waals surface area contributed by atoms with E-state index in [0.29, 0.717) is 6.54 Å². The number of benzene rings is 1. The Morgan fingerprint density at radius 2 is 2.16 bits per heavy atom. The van der Waals surface area contributed by atoms with Crippen LogP contribution in [0, 0.1) is 6.92 Å². The van der Waals surface area contributed by atoms with Gasteiger partial charge in [-0.3, -0.25) is 9.78 Å². The number of nitrogens with one attached hydrogen (secondary N) is 3. The molecule has 1 amide bonds. The number of aromatic nitrogens is 2. The summed E-state index contributed by atoms with van der Waals surface area (Å²) in [6, 6.07) is 8.29. The monoisotopic (exact) mass is 334 g/mol. The number of para-hydroxylation sites is 1. The lowest BCUT2D eigenvalue weighted by atomic mass is 9.98. The summed E-state index contributed by atoms with van der Waals surface area (Å²) in [5.74, 6) is -0.0243. The van der Waals surface area contributed by atoms with Gasteiger partial charge in [0.25, 0.3) is 5.91 Å². The first-order valence-corrected chi connectivity index (χ1v) is 8.75. The van der Waals surface area contributed by atoms with Crippen LogP contribution in [0.1, 0.15) is 32.7 Å². The van der Waals surface area contributed by atoms with Crippen LogP contribution in [0.15, 0.2) is 36.7 Å². The fourth-order valence-corrected chi connectivity index (χ4v) is 3.66. The van der Waals surface area contributed by atoms with Crippen LogP contribution in [0.5, 0.6) is 0 Å². The highest BCUT2D eigenvalue weighted by molar-refractivity contribution is 5.95. The van der Waals surface area contributed by atoms with E-state index < -0.39 is 0 Å². The molecule has 3 heterocycles. The first-order valence-electron chi connectivity index (χ1n) is 8.75. The summed E-state index contributed by atoms with van der Waals surface area (Å²) >= 11 is 0. The summed E-state index contributed by atoms with van der Waals surface area (Å²) in [5.41, 5.74) is 6.57. The Labute approximate surface area is 146 Å². The van der Waals surface area contributed by atoms with Crippen LogP contribution < -0.4 is 10.6 Å². The second kappa shape index (κ2) is 6.69. The summed E-state index contributed by atoms with van der Waals surface area (Å²) in [6.45, 7) is 4.40. The summed E-state index contributed by atoms with van der Waals surface area (Å²) in [5, 5.41) is 7.62. The molecular formula is C20H22N4O. The molecule has 0 radical (unpaired) electrons. The number of carbonyl (C=O) groups excluding carboxylic acids is 1. The average Bonchev–Trinajstić information content (AvgIpc) is 2.96. The SMILES string of the molecule is Cc1[nH]c2ccccc2c1CCNC(=O)c1cncc2c1CCNC2. The fraction of sp³-hybridized carbons (Fsp3) is 0.300. The lowest BCUT2D eigenvalue weighted by Gasteiger charge is -2.19. The number of hydrogen-bond donors (Lipinski definition) is 3. The van der Waals surface area contributed by atoms with Gasteiger partial charge in [0.05, 0.1) is 5.56 Å². The molecular weight excluding hydrogens is 312 g/mol. The molecule has 1 aromatic carbocycles. The second-order valence-corrected chi connectivity index (χ2v) is 6.53. The second-order valence-electron chi connectivity index (χ2n) is 6.53. The third-order valence-electron chi connectivity index (χ3n) is 4.95. The van der Waals surface area contributed by atoms with Gasteiger partial charge in [-0.2, -0.15) is 0 Å². The number of H-pyrrole nitrogens is 1. The first-order chi connectivity index (χ1) is 12.2. The minimum atomic E-state index is -0.0243. The van der Waals surface area contributed by atoms with Crippen molar-refractivity contribution >= 4 is 16.8 Å². The Kier molecular flexibility index (Phi) is 4.24. The predicted octanol–water partition coefficient (Wildman–Crippen LogP) is 2.49. The first kappa shape index (κ1) is 15.8. The molecule has 1 aliphatic rings. The molecule has 5 heteroatoms. The number of hydrogen-bond acceptors (Lipinski definition) is 3. The van der Waals surface area contributed by atoms with Gasteiger partial charge in [-0.25, -0.2) is 0 Å². The molecule has 0 saturated carbocycles. The Hall–Kier alpha value is -2.66. The lowest BCUT2D eigenvalue weighted by molar-refractivity contribution is 0.0952. The van der Waals surface area contributed by atoms with Crippen LogP contribution in [0.3, 0.4) is 0 Å². The minimum absolute atomic E-state index is 0.0243. The van der Waals surface area contributed by atoms with Crippen molar-refractivity contribution in [1.29, 1.82) is 0 Å². The topological polar surface area (TPSA) is 69.8 Å². The van der Waals surface area contributed by atoms with E-state index in [-0.39, 0.29) is 5.91 Å². The van der Waals surface area contributed by atoms with Gasteiger partial charge in [-0.1, -0.05) is 18.2 Å². The molecule has 4 rings (SSSR count). The van der Waals surface area contributed by atoms with E-state index in [1.807, 2.05) is 18.3 Å². The van der Waals surface area contributed by atoms with Crippen LogP contribution in [0.4, 0.5) is 0 Å². The van der Waals surface area contributed by atoms with E-state index in [1.165, 1.54) is 16.6 Å². The van der Waals surface area contributed by atoms with Gasteiger partial charge in [0.1, 0.15) is 0 Å². The van der Waals surface area contributed by atoms with Gasteiger partial charge in [-0.15, -0.1) is 0 Å². The van der Waals surface area contributed by atoms with E-state index in [0.717, 1.165) is 48.1 Å². The van der Waals surface area contributed by atoms with Crippen molar-refractivity contribution < 1.29 is 4.79 Å². The molecule has 2 aromatic heterocycles. The normalized spacial score (nSPS) is 13.6. The third-order valence-corrected chi connectivity index (χ3v) is 4.95. The highest BCUT2D eigenvalue weighted by Gasteiger charge is 2.18. The molecule has 3 aromatic rings. The van der Waals surface area contributed by atoms with Crippen molar-refractivity contribution in [3.8, 4) is 0 Å². The molecule has 0 atom stereocenters. The Balaban J connectivity index is 1.47. The number of pyridine rings is 1. The number of carbonyl (C=O) groups is 1. The number of aromatic amines is 1. The Morgan fingerprint density at radius 3 is 3.08 bits per heavy atom. The summed E-state index contributed by atoms with van der Waals surface area (Å²) < 4.78 is 0. The van der Waals surface area contributed by atoms with E-state index in [4.69, 9.17) is 0 Å². The van der Waals surface area contributed by atoms with Crippen molar-refractivity contribution in [2.45, 2.75) is 26.3 Å². The number of rotatable bonds is 4. The summed E-state index contributed by atoms with van der Waals surface area (Å²) in [6.07, 6.45) is 5.23. The maximum absolute atomic E-state index is 12.6. The molecule has 3 N–H and O–H groups in total. The predicted molar refractivity (Wildman–Crippen MR) is 98.7 cm³/mol. The van der Waals surface area contributed by atoms with Gasteiger partial charge >= 0.3 is 0 Å². The van der Waals surface area contributed by atoms with Crippen LogP contribution >= 0.6 is 0 Å². The summed E-state index contributed by atoms with van der Waals surface area (Å²) in [7, 11) is 0. The van der Waals surface area contributed by atoms with Crippen molar-refractivity contribution in [3.05, 3.63) is 64.6 Å². The minimum Gasteiger partial charge on any atom is -0.358 e. The Morgan fingerprint density at radius 1 is 1.28 bits per heavy atom. The zero-order chi connectivity index (χ0) is 17.2. The highest BCUT2D eigenvalue weighted by Crippen LogP contribution is 2.22. The molecule has 0 fully saturated rings. The number of fused-ring (bicyclic) bond motifs is 2. The van der Waals surface area contributed by atoms with E-state index in [9.17, 15) is 4.79 Å². The maximum atomic E-state index is 12.6. The molecule has 1 aliphatic heterocycles. The van der Waals surface area contributed by atoms with E-state index in [1.54, 1.807) is 6.20 Å². The molecule has 0 unspecified atom stereocenters. The molecule has 0 bridgehead atoms. The van der Waals surface area contributed by atoms with Gasteiger partial charge in [0.15, 0.2) is 0 Å². The van der Waals surface area contributed by atoms with Crippen LogP contribution in [-0.4, -0.2) is 29.0 Å². The maximum Gasteiger partial charge on any atom is 0.253 e. The highest BCUT2D eigenvalue weighted by atomic mass is 16.1. The third kappa shape index (κ3) is 3.03. The van der Waals surface area contributed by atoms with Crippen molar-refractivity contribution in [2.75, 3.05) is 13.1 Å². The zero-order valence-corrected chi connectivity index (χ0v) is 14.4. The van der Waals surface area contributed by atoms with Gasteiger partial charge < -0.3 is 15.6 Å². The molecule has 0 spiro atoms. The van der Waals surface area contributed by atoms with E-state index >= 15 is 0 Å². The van der Waals surface area contributed by atoms with Crippen molar-refractivity contribution in [3.63, 3.8) is 0 Å². The lowest BCUT2D eigenvalue weighted by Crippen LogP contribution is -2.30. The van der Waals surface area contributed by atoms with Gasteiger partial charge in [-0.05, 0) is 49.1 Å². The van der Waals surface area contributed by atoms with Gasteiger partial charge in [0, 0.05) is 42.1 Å². The van der Waals surface area contributed by atoms with Crippen LogP contribution in [0.2, 0.25) is 0 Å². The largest absolute Gasteiger partial charge is 0.358 e. The zero-order valence-electron chi connectivity index (χ0n) is 14.4. The number of nitrogens with zero attached hydrogens (tertiary/aromatic N) is 1. The number of amides is 1.